The molecule has 0 saturated carbocycles. The van der Waals surface area contributed by atoms with Gasteiger partial charge in [0.25, 0.3) is 0 Å². The average molecular weight is 255 g/mol. The number of rotatable bonds is 4. The van der Waals surface area contributed by atoms with Gasteiger partial charge in [0, 0.05) is 16.9 Å². The zero-order valence-corrected chi connectivity index (χ0v) is 10.4. The Labute approximate surface area is 110 Å². The van der Waals surface area contributed by atoms with E-state index in [9.17, 15) is 9.59 Å². The molecule has 0 spiro atoms. The van der Waals surface area contributed by atoms with Crippen LogP contribution in [0, 0.1) is 0 Å². The van der Waals surface area contributed by atoms with Crippen LogP contribution in [0.15, 0.2) is 48.5 Å². The molecule has 0 aliphatic rings. The van der Waals surface area contributed by atoms with Crippen molar-refractivity contribution in [3.8, 4) is 0 Å². The molecule has 0 saturated heterocycles. The number of carbonyl (C=O) groups is 2. The van der Waals surface area contributed by atoms with E-state index in [4.69, 9.17) is 5.11 Å². The summed E-state index contributed by atoms with van der Waals surface area (Å²) in [5.74, 6) is -0.922. The summed E-state index contributed by atoms with van der Waals surface area (Å²) in [4.78, 5) is 21.9. The van der Waals surface area contributed by atoms with Gasteiger partial charge in [-0.1, -0.05) is 0 Å². The molecular formula is C15H13NO3. The van der Waals surface area contributed by atoms with E-state index in [1.54, 1.807) is 24.3 Å². The Morgan fingerprint density at radius 3 is 1.63 bits per heavy atom. The first kappa shape index (κ1) is 12.8. The highest BCUT2D eigenvalue weighted by atomic mass is 16.4. The number of hydrogen-bond acceptors (Lipinski definition) is 3. The third-order valence-electron chi connectivity index (χ3n) is 2.71. The maximum absolute atomic E-state index is 11.1. The number of aromatic carboxylic acids is 1. The van der Waals surface area contributed by atoms with Crippen molar-refractivity contribution in [2.45, 2.75) is 6.92 Å². The standard InChI is InChI=1S/C15H13NO3/c1-10(17)11-2-6-13(7-3-11)16-14-8-4-12(5-9-14)15(18)19/h2-9,16H,1H3,(H,18,19). The largest absolute Gasteiger partial charge is 0.478 e. The van der Waals surface area contributed by atoms with Gasteiger partial charge < -0.3 is 10.4 Å². The lowest BCUT2D eigenvalue weighted by molar-refractivity contribution is 0.0696. The Bertz CT molecular complexity index is 545. The molecule has 0 heterocycles. The summed E-state index contributed by atoms with van der Waals surface area (Å²) in [6.45, 7) is 1.52. The molecule has 0 atom stereocenters. The van der Waals surface area contributed by atoms with E-state index in [2.05, 4.69) is 5.32 Å². The summed E-state index contributed by atoms with van der Waals surface area (Å²) >= 11 is 0. The second-order valence-electron chi connectivity index (χ2n) is 4.14. The Hall–Kier alpha value is -2.62. The Morgan fingerprint density at radius 2 is 1.26 bits per heavy atom. The van der Waals surface area contributed by atoms with Crippen molar-refractivity contribution < 1.29 is 14.7 Å². The Kier molecular flexibility index (Phi) is 3.61. The predicted octanol–water partition coefficient (Wildman–Crippen LogP) is 3.33. The Morgan fingerprint density at radius 1 is 0.842 bits per heavy atom. The van der Waals surface area contributed by atoms with E-state index in [0.717, 1.165) is 11.4 Å². The third kappa shape index (κ3) is 3.19. The summed E-state index contributed by atoms with van der Waals surface area (Å²) in [7, 11) is 0. The van der Waals surface area contributed by atoms with Crippen molar-refractivity contribution in [2.24, 2.45) is 0 Å². The number of carboxylic acid groups (broad SMARTS) is 1. The Balaban J connectivity index is 2.12. The average Bonchev–Trinajstić information content (AvgIpc) is 2.40. The molecule has 0 bridgehead atoms. The fourth-order valence-electron chi connectivity index (χ4n) is 1.65. The van der Waals surface area contributed by atoms with Crippen LogP contribution in [0.4, 0.5) is 11.4 Å². The monoisotopic (exact) mass is 255 g/mol. The van der Waals surface area contributed by atoms with E-state index in [1.165, 1.54) is 19.1 Å². The van der Waals surface area contributed by atoms with Crippen molar-refractivity contribution >= 4 is 23.1 Å². The molecule has 0 unspecified atom stereocenters. The molecule has 0 aliphatic carbocycles. The number of nitrogens with one attached hydrogen (secondary N) is 1. The highest BCUT2D eigenvalue weighted by Crippen LogP contribution is 2.18. The first-order valence-electron chi connectivity index (χ1n) is 5.77. The molecule has 0 fully saturated rings. The number of hydrogen-bond donors (Lipinski definition) is 2. The van der Waals surface area contributed by atoms with Gasteiger partial charge in [-0.05, 0) is 55.5 Å². The SMILES string of the molecule is CC(=O)c1ccc(Nc2ccc(C(=O)O)cc2)cc1. The lowest BCUT2D eigenvalue weighted by atomic mass is 10.1. The van der Waals surface area contributed by atoms with Gasteiger partial charge in [0.05, 0.1) is 5.56 Å². The second-order valence-corrected chi connectivity index (χ2v) is 4.14. The van der Waals surface area contributed by atoms with Crippen LogP contribution in [0.3, 0.4) is 0 Å². The molecule has 2 rings (SSSR count). The van der Waals surface area contributed by atoms with E-state index in [0.29, 0.717) is 5.56 Å². The topological polar surface area (TPSA) is 66.4 Å². The number of ketones is 1. The van der Waals surface area contributed by atoms with Crippen molar-refractivity contribution in [3.63, 3.8) is 0 Å². The first-order valence-corrected chi connectivity index (χ1v) is 5.77. The molecule has 0 aliphatic heterocycles. The molecule has 4 nitrogen and oxygen atoms in total. The van der Waals surface area contributed by atoms with Crippen LogP contribution in [-0.4, -0.2) is 16.9 Å². The van der Waals surface area contributed by atoms with Gasteiger partial charge in [-0.2, -0.15) is 0 Å². The molecule has 0 aromatic heterocycles. The fraction of sp³-hybridized carbons (Fsp3) is 0.0667. The van der Waals surface area contributed by atoms with Gasteiger partial charge >= 0.3 is 5.97 Å². The molecule has 19 heavy (non-hydrogen) atoms. The number of Topliss-reactive ketones (excluding diaryl/α,β-unsaturated/α-hetero) is 1. The van der Waals surface area contributed by atoms with Gasteiger partial charge in [0.1, 0.15) is 0 Å². The molecule has 2 N–H and O–H groups in total. The van der Waals surface area contributed by atoms with Gasteiger partial charge in [-0.3, -0.25) is 4.79 Å². The number of carbonyl (C=O) groups excluding carboxylic acids is 1. The lowest BCUT2D eigenvalue weighted by Gasteiger charge is -2.07. The predicted molar refractivity (Wildman–Crippen MR) is 73.1 cm³/mol. The summed E-state index contributed by atoms with van der Waals surface area (Å²) in [6.07, 6.45) is 0. The van der Waals surface area contributed by atoms with Crippen LogP contribution in [0.5, 0.6) is 0 Å². The van der Waals surface area contributed by atoms with Crippen molar-refractivity contribution in [1.29, 1.82) is 0 Å². The van der Waals surface area contributed by atoms with Crippen LogP contribution in [0.2, 0.25) is 0 Å². The van der Waals surface area contributed by atoms with Crippen molar-refractivity contribution in [1.82, 2.24) is 0 Å². The van der Waals surface area contributed by atoms with E-state index >= 15 is 0 Å². The molecule has 2 aromatic rings. The van der Waals surface area contributed by atoms with E-state index in [1.807, 2.05) is 12.1 Å². The highest BCUT2D eigenvalue weighted by Gasteiger charge is 2.02. The van der Waals surface area contributed by atoms with Crippen molar-refractivity contribution in [2.75, 3.05) is 5.32 Å². The van der Waals surface area contributed by atoms with Crippen LogP contribution in [0.25, 0.3) is 0 Å². The zero-order chi connectivity index (χ0) is 13.8. The van der Waals surface area contributed by atoms with Gasteiger partial charge in [0.2, 0.25) is 0 Å². The van der Waals surface area contributed by atoms with Crippen LogP contribution in [-0.2, 0) is 0 Å². The molecule has 0 amide bonds. The van der Waals surface area contributed by atoms with Crippen LogP contribution < -0.4 is 5.32 Å². The number of carboxylic acids is 1. The second kappa shape index (κ2) is 5.35. The van der Waals surface area contributed by atoms with Gasteiger partial charge in [0.15, 0.2) is 5.78 Å². The highest BCUT2D eigenvalue weighted by molar-refractivity contribution is 5.94. The smallest absolute Gasteiger partial charge is 0.335 e. The quantitative estimate of drug-likeness (QED) is 0.822. The van der Waals surface area contributed by atoms with E-state index < -0.39 is 5.97 Å². The molecule has 2 aromatic carbocycles. The van der Waals surface area contributed by atoms with Crippen molar-refractivity contribution in [3.05, 3.63) is 59.7 Å². The maximum Gasteiger partial charge on any atom is 0.335 e. The van der Waals surface area contributed by atoms with Gasteiger partial charge in [-0.15, -0.1) is 0 Å². The minimum absolute atomic E-state index is 0.0253. The van der Waals surface area contributed by atoms with Crippen LogP contribution in [0.1, 0.15) is 27.6 Å². The summed E-state index contributed by atoms with van der Waals surface area (Å²) in [6, 6.07) is 13.6. The summed E-state index contributed by atoms with van der Waals surface area (Å²) < 4.78 is 0. The maximum atomic E-state index is 11.1. The zero-order valence-electron chi connectivity index (χ0n) is 10.4. The molecule has 4 heteroatoms. The fourth-order valence-corrected chi connectivity index (χ4v) is 1.65. The molecule has 96 valence electrons. The molecular weight excluding hydrogens is 242 g/mol. The number of anilines is 2. The summed E-state index contributed by atoms with van der Waals surface area (Å²) in [5, 5.41) is 11.9. The third-order valence-corrected chi connectivity index (χ3v) is 2.71. The van der Waals surface area contributed by atoms with Gasteiger partial charge in [-0.25, -0.2) is 4.79 Å². The minimum atomic E-state index is -0.947. The lowest BCUT2D eigenvalue weighted by Crippen LogP contribution is -1.97. The minimum Gasteiger partial charge on any atom is -0.478 e. The first-order chi connectivity index (χ1) is 9.06. The number of benzene rings is 2. The molecule has 0 radical (unpaired) electrons. The normalized spacial score (nSPS) is 9.95. The van der Waals surface area contributed by atoms with Crippen LogP contribution >= 0.6 is 0 Å². The summed E-state index contributed by atoms with van der Waals surface area (Å²) in [5.41, 5.74) is 2.54. The van der Waals surface area contributed by atoms with E-state index in [-0.39, 0.29) is 11.3 Å².